The van der Waals surface area contributed by atoms with Gasteiger partial charge >= 0.3 is 0 Å². The van der Waals surface area contributed by atoms with Crippen LogP contribution in [0.3, 0.4) is 0 Å². The van der Waals surface area contributed by atoms with Crippen LogP contribution in [0.25, 0.3) is 11.7 Å². The molecule has 174 valence electrons. The maximum atomic E-state index is 13.5. The molecule has 1 saturated carbocycles. The highest BCUT2D eigenvalue weighted by molar-refractivity contribution is 8.26. The number of thiocarbonyl (C=S) groups is 1. The molecule has 2 aromatic heterocycles. The second-order valence-electron chi connectivity index (χ2n) is 8.91. The molecule has 0 spiro atoms. The van der Waals surface area contributed by atoms with E-state index < -0.39 is 0 Å². The summed E-state index contributed by atoms with van der Waals surface area (Å²) < 4.78 is 7.75. The first-order valence-corrected chi connectivity index (χ1v) is 12.9. The van der Waals surface area contributed by atoms with Crippen molar-refractivity contribution < 1.29 is 9.53 Å². The lowest BCUT2D eigenvalue weighted by Gasteiger charge is -2.33. The van der Waals surface area contributed by atoms with E-state index >= 15 is 0 Å². The zero-order valence-corrected chi connectivity index (χ0v) is 20.4. The third kappa shape index (κ3) is 4.46. The van der Waals surface area contributed by atoms with Crippen LogP contribution < -0.4 is 10.5 Å². The van der Waals surface area contributed by atoms with Gasteiger partial charge in [-0.3, -0.25) is 18.9 Å². The first-order chi connectivity index (χ1) is 16.0. The molecule has 2 aromatic rings. The highest BCUT2D eigenvalue weighted by Gasteiger charge is 2.35. The largest absolute Gasteiger partial charge is 0.376 e. The minimum atomic E-state index is -0.178. The van der Waals surface area contributed by atoms with Gasteiger partial charge in [0.25, 0.3) is 11.5 Å². The lowest BCUT2D eigenvalue weighted by molar-refractivity contribution is -0.123. The van der Waals surface area contributed by atoms with Gasteiger partial charge in [-0.2, -0.15) is 0 Å². The summed E-state index contributed by atoms with van der Waals surface area (Å²) >= 11 is 6.75. The molecule has 2 aliphatic heterocycles. The molecule has 3 fully saturated rings. The first kappa shape index (κ1) is 22.6. The summed E-state index contributed by atoms with van der Waals surface area (Å²) in [5.74, 6) is 0.465. The molecule has 4 heterocycles. The van der Waals surface area contributed by atoms with Gasteiger partial charge in [0.05, 0.1) is 23.1 Å². The molecular formula is C24H28N4O3S2. The smallest absolute Gasteiger partial charge is 0.267 e. The molecule has 0 aromatic carbocycles. The molecule has 1 atom stereocenters. The standard InChI is InChI=1S/C24H28N4O3S2/c1-26(16-8-3-2-4-9-16)21-18(22(29)27-12-6-5-11-20(27)25-21)14-19-23(30)28(24(32)33-19)15-17-10-7-13-31-17/h5-6,11-12,14,16-17H,2-4,7-10,13,15H2,1H3/b19-14-. The molecule has 33 heavy (non-hydrogen) atoms. The van der Waals surface area contributed by atoms with Crippen LogP contribution in [0.2, 0.25) is 0 Å². The Kier molecular flexibility index (Phi) is 6.53. The fourth-order valence-corrected chi connectivity index (χ4v) is 6.16. The van der Waals surface area contributed by atoms with Crippen molar-refractivity contribution in [1.29, 1.82) is 0 Å². The van der Waals surface area contributed by atoms with Crippen LogP contribution in [0.15, 0.2) is 34.1 Å². The second-order valence-corrected chi connectivity index (χ2v) is 10.6. The van der Waals surface area contributed by atoms with Crippen molar-refractivity contribution in [3.63, 3.8) is 0 Å². The van der Waals surface area contributed by atoms with Crippen molar-refractivity contribution in [1.82, 2.24) is 14.3 Å². The Labute approximate surface area is 202 Å². The number of hydrogen-bond acceptors (Lipinski definition) is 7. The molecule has 1 aliphatic carbocycles. The summed E-state index contributed by atoms with van der Waals surface area (Å²) in [5, 5.41) is 0. The summed E-state index contributed by atoms with van der Waals surface area (Å²) in [7, 11) is 2.01. The molecule has 1 amide bonds. The van der Waals surface area contributed by atoms with Crippen LogP contribution in [-0.2, 0) is 9.53 Å². The number of carbonyl (C=O) groups excluding carboxylic acids is 1. The zero-order valence-electron chi connectivity index (χ0n) is 18.7. The molecule has 3 aliphatic rings. The summed E-state index contributed by atoms with van der Waals surface area (Å²) in [5.41, 5.74) is 0.857. The number of thioether (sulfide) groups is 1. The molecule has 2 saturated heterocycles. The lowest BCUT2D eigenvalue weighted by Crippen LogP contribution is -2.36. The van der Waals surface area contributed by atoms with Gasteiger partial charge in [0, 0.05) is 25.9 Å². The Morgan fingerprint density at radius 1 is 1.21 bits per heavy atom. The van der Waals surface area contributed by atoms with Crippen molar-refractivity contribution in [3.05, 3.63) is 45.2 Å². The maximum absolute atomic E-state index is 13.5. The topological polar surface area (TPSA) is 67.2 Å². The lowest BCUT2D eigenvalue weighted by atomic mass is 9.94. The van der Waals surface area contributed by atoms with Gasteiger partial charge in [0.1, 0.15) is 15.8 Å². The van der Waals surface area contributed by atoms with Crippen LogP contribution in [0.5, 0.6) is 0 Å². The number of nitrogens with zero attached hydrogens (tertiary/aromatic N) is 4. The van der Waals surface area contributed by atoms with Crippen molar-refractivity contribution in [3.8, 4) is 0 Å². The summed E-state index contributed by atoms with van der Waals surface area (Å²) in [6.45, 7) is 1.19. The summed E-state index contributed by atoms with van der Waals surface area (Å²) in [6.07, 6.45) is 11.1. The molecule has 5 rings (SSSR count). The van der Waals surface area contributed by atoms with Crippen molar-refractivity contribution in [2.24, 2.45) is 0 Å². The van der Waals surface area contributed by atoms with E-state index in [2.05, 4.69) is 4.90 Å². The molecule has 9 heteroatoms. The summed E-state index contributed by atoms with van der Waals surface area (Å²) in [4.78, 5) is 35.8. The molecular weight excluding hydrogens is 456 g/mol. The van der Waals surface area contributed by atoms with Crippen LogP contribution in [0.4, 0.5) is 5.82 Å². The van der Waals surface area contributed by atoms with E-state index in [-0.39, 0.29) is 17.6 Å². The first-order valence-electron chi connectivity index (χ1n) is 11.6. The van der Waals surface area contributed by atoms with E-state index in [1.165, 1.54) is 35.4 Å². The van der Waals surface area contributed by atoms with Crippen molar-refractivity contribution >= 4 is 51.7 Å². The van der Waals surface area contributed by atoms with Crippen LogP contribution >= 0.6 is 24.0 Å². The van der Waals surface area contributed by atoms with Gasteiger partial charge in [0.2, 0.25) is 0 Å². The quantitative estimate of drug-likeness (QED) is 0.472. The molecule has 1 unspecified atom stereocenters. The number of amides is 1. The number of carbonyl (C=O) groups is 1. The normalized spacial score (nSPS) is 23.2. The Morgan fingerprint density at radius 2 is 2.03 bits per heavy atom. The van der Waals surface area contributed by atoms with Gasteiger partial charge in [-0.05, 0) is 43.9 Å². The predicted octanol–water partition coefficient (Wildman–Crippen LogP) is 3.84. The van der Waals surface area contributed by atoms with Crippen LogP contribution in [-0.4, -0.2) is 56.9 Å². The number of pyridine rings is 1. The van der Waals surface area contributed by atoms with Gasteiger partial charge < -0.3 is 9.64 Å². The average molecular weight is 485 g/mol. The van der Waals surface area contributed by atoms with Gasteiger partial charge in [-0.1, -0.05) is 49.3 Å². The monoisotopic (exact) mass is 484 g/mol. The van der Waals surface area contributed by atoms with Crippen LogP contribution in [0.1, 0.15) is 50.5 Å². The number of anilines is 1. The van der Waals surface area contributed by atoms with Crippen molar-refractivity contribution in [2.75, 3.05) is 25.1 Å². The molecule has 7 nitrogen and oxygen atoms in total. The molecule has 0 bridgehead atoms. The van der Waals surface area contributed by atoms with Gasteiger partial charge in [0.15, 0.2) is 0 Å². The number of ether oxygens (including phenoxy) is 1. The minimum absolute atomic E-state index is 0.0211. The number of fused-ring (bicyclic) bond motifs is 1. The van der Waals surface area contributed by atoms with Crippen LogP contribution in [0, 0.1) is 0 Å². The number of rotatable bonds is 5. The average Bonchev–Trinajstić information content (AvgIpc) is 3.45. The van der Waals surface area contributed by atoms with Crippen molar-refractivity contribution in [2.45, 2.75) is 57.1 Å². The predicted molar refractivity (Wildman–Crippen MR) is 136 cm³/mol. The SMILES string of the molecule is CN(c1nc2ccccn2c(=O)c1/C=C1\SC(=S)N(CC2CCCO2)C1=O)C1CCCCC1. The van der Waals surface area contributed by atoms with E-state index in [1.807, 2.05) is 25.2 Å². The highest BCUT2D eigenvalue weighted by atomic mass is 32.2. The Morgan fingerprint density at radius 3 is 2.79 bits per heavy atom. The van der Waals surface area contributed by atoms with E-state index in [1.54, 1.807) is 17.2 Å². The Hall–Kier alpha value is -2.23. The number of hydrogen-bond donors (Lipinski definition) is 0. The van der Waals surface area contributed by atoms with Gasteiger partial charge in [-0.25, -0.2) is 4.98 Å². The zero-order chi connectivity index (χ0) is 22.9. The summed E-state index contributed by atoms with van der Waals surface area (Å²) in [6, 6.07) is 5.86. The Balaban J connectivity index is 1.54. The fourth-order valence-electron chi connectivity index (χ4n) is 4.91. The minimum Gasteiger partial charge on any atom is -0.376 e. The molecule has 0 N–H and O–H groups in total. The fraction of sp³-hybridized carbons (Fsp3) is 0.500. The number of aromatic nitrogens is 2. The Bertz CT molecular complexity index is 1170. The molecule has 0 radical (unpaired) electrons. The van der Waals surface area contributed by atoms with E-state index in [9.17, 15) is 9.59 Å². The third-order valence-electron chi connectivity index (χ3n) is 6.76. The second kappa shape index (κ2) is 9.56. The highest BCUT2D eigenvalue weighted by Crippen LogP contribution is 2.35. The third-order valence-corrected chi connectivity index (χ3v) is 8.14. The van der Waals surface area contributed by atoms with E-state index in [0.717, 1.165) is 32.3 Å². The maximum Gasteiger partial charge on any atom is 0.267 e. The van der Waals surface area contributed by atoms with Gasteiger partial charge in [-0.15, -0.1) is 0 Å². The van der Waals surface area contributed by atoms with E-state index in [4.69, 9.17) is 21.9 Å². The van der Waals surface area contributed by atoms with E-state index in [0.29, 0.717) is 38.8 Å².